The van der Waals surface area contributed by atoms with Crippen molar-refractivity contribution in [3.05, 3.63) is 70.8 Å². The van der Waals surface area contributed by atoms with E-state index in [-0.39, 0.29) is 17.7 Å². The summed E-state index contributed by atoms with van der Waals surface area (Å²) in [6.45, 7) is 6.96. The van der Waals surface area contributed by atoms with E-state index in [2.05, 4.69) is 5.32 Å². The van der Waals surface area contributed by atoms with E-state index < -0.39 is 6.04 Å². The van der Waals surface area contributed by atoms with Crippen LogP contribution in [-0.4, -0.2) is 22.8 Å². The molecule has 1 heterocycles. The van der Waals surface area contributed by atoms with Crippen molar-refractivity contribution in [3.8, 4) is 0 Å². The maximum Gasteiger partial charge on any atom is 0.255 e. The number of hydrogen-bond acceptors (Lipinski definition) is 2. The third-order valence-corrected chi connectivity index (χ3v) is 4.67. The van der Waals surface area contributed by atoms with Crippen LogP contribution >= 0.6 is 0 Å². The van der Waals surface area contributed by atoms with E-state index in [0.29, 0.717) is 18.7 Å². The zero-order valence-corrected chi connectivity index (χ0v) is 15.0. The highest BCUT2D eigenvalue weighted by molar-refractivity contribution is 6.01. The van der Waals surface area contributed by atoms with Gasteiger partial charge in [-0.25, -0.2) is 0 Å². The standard InChI is InChI=1S/C21H24N2O2/c1-14(2)19(20(24)22-12-16-10-8-15(3)9-11-16)23-13-17-6-4-5-7-18(17)21(23)25/h4-11,14,19H,12-13H2,1-3H3,(H,22,24). The van der Waals surface area contributed by atoms with Gasteiger partial charge in [-0.3, -0.25) is 9.59 Å². The molecule has 0 radical (unpaired) electrons. The van der Waals surface area contributed by atoms with Crippen LogP contribution in [0.25, 0.3) is 0 Å². The molecule has 25 heavy (non-hydrogen) atoms. The minimum atomic E-state index is -0.467. The molecule has 4 heteroatoms. The molecule has 0 bridgehead atoms. The Kier molecular flexibility index (Phi) is 4.88. The molecule has 0 aliphatic carbocycles. The lowest BCUT2D eigenvalue weighted by Gasteiger charge is -2.30. The minimum absolute atomic E-state index is 0.0382. The predicted molar refractivity (Wildman–Crippen MR) is 98.0 cm³/mol. The third-order valence-electron chi connectivity index (χ3n) is 4.67. The van der Waals surface area contributed by atoms with Gasteiger partial charge in [0.2, 0.25) is 5.91 Å². The molecule has 0 aromatic heterocycles. The third kappa shape index (κ3) is 3.58. The molecule has 2 aromatic rings. The molecule has 2 aromatic carbocycles. The first-order chi connectivity index (χ1) is 12.0. The van der Waals surface area contributed by atoms with Crippen molar-refractivity contribution in [3.63, 3.8) is 0 Å². The van der Waals surface area contributed by atoms with Gasteiger partial charge < -0.3 is 10.2 Å². The van der Waals surface area contributed by atoms with E-state index in [9.17, 15) is 9.59 Å². The summed E-state index contributed by atoms with van der Waals surface area (Å²) in [5, 5.41) is 2.99. The van der Waals surface area contributed by atoms with Gasteiger partial charge in [-0.05, 0) is 30.0 Å². The fourth-order valence-corrected chi connectivity index (χ4v) is 3.31. The monoisotopic (exact) mass is 336 g/mol. The molecule has 3 rings (SSSR count). The highest BCUT2D eigenvalue weighted by atomic mass is 16.2. The first kappa shape index (κ1) is 17.2. The fraction of sp³-hybridized carbons (Fsp3) is 0.333. The average Bonchev–Trinajstić information content (AvgIpc) is 2.91. The van der Waals surface area contributed by atoms with Crippen molar-refractivity contribution in [2.75, 3.05) is 0 Å². The van der Waals surface area contributed by atoms with Crippen LogP contribution in [0.4, 0.5) is 0 Å². The molecule has 0 spiro atoms. The van der Waals surface area contributed by atoms with Gasteiger partial charge in [-0.15, -0.1) is 0 Å². The Balaban J connectivity index is 1.72. The first-order valence-corrected chi connectivity index (χ1v) is 8.69. The SMILES string of the molecule is Cc1ccc(CNC(=O)C(C(C)C)N2Cc3ccccc3C2=O)cc1. The van der Waals surface area contributed by atoms with Gasteiger partial charge in [0.05, 0.1) is 0 Å². The van der Waals surface area contributed by atoms with E-state index in [1.54, 1.807) is 4.90 Å². The Morgan fingerprint density at radius 2 is 1.80 bits per heavy atom. The summed E-state index contributed by atoms with van der Waals surface area (Å²) >= 11 is 0. The normalized spacial score (nSPS) is 14.6. The number of carbonyl (C=O) groups is 2. The van der Waals surface area contributed by atoms with Crippen LogP contribution in [0.5, 0.6) is 0 Å². The van der Waals surface area contributed by atoms with Crippen LogP contribution in [0.2, 0.25) is 0 Å². The van der Waals surface area contributed by atoms with E-state index in [1.807, 2.05) is 69.3 Å². The number of nitrogens with zero attached hydrogens (tertiary/aromatic N) is 1. The first-order valence-electron chi connectivity index (χ1n) is 8.69. The molecular formula is C21H24N2O2. The van der Waals surface area contributed by atoms with Crippen molar-refractivity contribution >= 4 is 11.8 Å². The number of carbonyl (C=O) groups excluding carboxylic acids is 2. The fourth-order valence-electron chi connectivity index (χ4n) is 3.31. The smallest absolute Gasteiger partial charge is 0.255 e. The predicted octanol–water partition coefficient (Wildman–Crippen LogP) is 3.29. The maximum absolute atomic E-state index is 12.8. The van der Waals surface area contributed by atoms with Gasteiger partial charge in [0.1, 0.15) is 6.04 Å². The molecule has 1 unspecified atom stereocenters. The zero-order valence-electron chi connectivity index (χ0n) is 15.0. The molecule has 1 aliphatic heterocycles. The Bertz CT molecular complexity index is 781. The van der Waals surface area contributed by atoms with Crippen molar-refractivity contribution in [1.29, 1.82) is 0 Å². The molecule has 0 fully saturated rings. The van der Waals surface area contributed by atoms with Gasteiger partial charge in [0.15, 0.2) is 0 Å². The highest BCUT2D eigenvalue weighted by Crippen LogP contribution is 2.27. The number of aryl methyl sites for hydroxylation is 1. The van der Waals surface area contributed by atoms with Gasteiger partial charge in [0, 0.05) is 18.7 Å². The lowest BCUT2D eigenvalue weighted by atomic mass is 10.0. The van der Waals surface area contributed by atoms with Crippen LogP contribution in [-0.2, 0) is 17.9 Å². The maximum atomic E-state index is 12.8. The van der Waals surface area contributed by atoms with Crippen molar-refractivity contribution in [1.82, 2.24) is 10.2 Å². The van der Waals surface area contributed by atoms with Crippen LogP contribution < -0.4 is 5.32 Å². The minimum Gasteiger partial charge on any atom is -0.350 e. The van der Waals surface area contributed by atoms with Crippen molar-refractivity contribution in [2.24, 2.45) is 5.92 Å². The summed E-state index contributed by atoms with van der Waals surface area (Å²) < 4.78 is 0. The zero-order chi connectivity index (χ0) is 18.0. The number of amides is 2. The largest absolute Gasteiger partial charge is 0.350 e. The van der Waals surface area contributed by atoms with E-state index in [0.717, 1.165) is 11.1 Å². The quantitative estimate of drug-likeness (QED) is 0.911. The molecule has 0 saturated carbocycles. The summed E-state index contributed by atoms with van der Waals surface area (Å²) in [5.74, 6) is -0.118. The summed E-state index contributed by atoms with van der Waals surface area (Å²) in [6.07, 6.45) is 0. The van der Waals surface area contributed by atoms with Crippen LogP contribution in [0.3, 0.4) is 0 Å². The van der Waals surface area contributed by atoms with Gasteiger partial charge in [-0.2, -0.15) is 0 Å². The van der Waals surface area contributed by atoms with Crippen LogP contribution in [0.15, 0.2) is 48.5 Å². The number of fused-ring (bicyclic) bond motifs is 1. The lowest BCUT2D eigenvalue weighted by molar-refractivity contribution is -0.127. The Hall–Kier alpha value is -2.62. The van der Waals surface area contributed by atoms with Gasteiger partial charge in [0.25, 0.3) is 5.91 Å². The van der Waals surface area contributed by atoms with E-state index in [4.69, 9.17) is 0 Å². The van der Waals surface area contributed by atoms with Crippen molar-refractivity contribution in [2.45, 2.75) is 39.9 Å². The van der Waals surface area contributed by atoms with Gasteiger partial charge in [-0.1, -0.05) is 61.9 Å². The van der Waals surface area contributed by atoms with Crippen molar-refractivity contribution < 1.29 is 9.59 Å². The lowest BCUT2D eigenvalue weighted by Crippen LogP contribution is -2.49. The molecular weight excluding hydrogens is 312 g/mol. The number of hydrogen-bond donors (Lipinski definition) is 1. The Labute approximate surface area is 148 Å². The molecule has 2 amide bonds. The number of benzene rings is 2. The molecule has 1 aliphatic rings. The summed E-state index contributed by atoms with van der Waals surface area (Å²) in [6, 6.07) is 15.2. The average molecular weight is 336 g/mol. The molecule has 0 saturated heterocycles. The second-order valence-electron chi connectivity index (χ2n) is 6.98. The number of nitrogens with one attached hydrogen (secondary N) is 1. The van der Waals surface area contributed by atoms with E-state index in [1.165, 1.54) is 5.56 Å². The summed E-state index contributed by atoms with van der Waals surface area (Å²) in [5.41, 5.74) is 3.94. The van der Waals surface area contributed by atoms with Gasteiger partial charge >= 0.3 is 0 Å². The van der Waals surface area contributed by atoms with Crippen LogP contribution in [0.1, 0.15) is 40.9 Å². The summed E-state index contributed by atoms with van der Waals surface area (Å²) in [4.78, 5) is 27.2. The molecule has 1 atom stereocenters. The van der Waals surface area contributed by atoms with E-state index >= 15 is 0 Å². The van der Waals surface area contributed by atoms with Crippen LogP contribution in [0, 0.1) is 12.8 Å². The molecule has 4 nitrogen and oxygen atoms in total. The molecule has 1 N–H and O–H groups in total. The Morgan fingerprint density at radius 3 is 2.44 bits per heavy atom. The second kappa shape index (κ2) is 7.09. The topological polar surface area (TPSA) is 49.4 Å². The Morgan fingerprint density at radius 1 is 1.12 bits per heavy atom. The molecule has 130 valence electrons. The summed E-state index contributed by atoms with van der Waals surface area (Å²) in [7, 11) is 0. The highest BCUT2D eigenvalue weighted by Gasteiger charge is 2.37. The second-order valence-corrected chi connectivity index (χ2v) is 6.98. The number of rotatable bonds is 5.